The number of nitrogens with one attached hydrogen (secondary N) is 1. The molecule has 0 saturated heterocycles. The van der Waals surface area contributed by atoms with E-state index in [0.29, 0.717) is 5.92 Å². The highest BCUT2D eigenvalue weighted by atomic mass is 19.1. The molecule has 30 heavy (non-hydrogen) atoms. The lowest BCUT2D eigenvalue weighted by Gasteiger charge is -2.19. The standard InChI is InChI=1S/C17H26FN.C11H16/c1-5-8-13-10-16(17(19)11-18)12(4)15(9-6-2)14(13)7-3;1-4-10-5-7-11(8-6-10)9(2)3/h10,19H,5-9,11H2,1-4H3;5-9H,4H2,1-3H3. The Balaban J connectivity index is 0.000000346. The zero-order valence-corrected chi connectivity index (χ0v) is 20.3. The van der Waals surface area contributed by atoms with Crippen molar-refractivity contribution in [1.82, 2.24) is 0 Å². The summed E-state index contributed by atoms with van der Waals surface area (Å²) in [6.07, 6.45) is 6.38. The first-order valence-corrected chi connectivity index (χ1v) is 11.7. The third-order valence-corrected chi connectivity index (χ3v) is 5.81. The van der Waals surface area contributed by atoms with Crippen LogP contribution in [0.3, 0.4) is 0 Å². The van der Waals surface area contributed by atoms with Gasteiger partial charge in [-0.1, -0.05) is 78.6 Å². The van der Waals surface area contributed by atoms with Gasteiger partial charge in [-0.2, -0.15) is 0 Å². The molecule has 2 rings (SSSR count). The molecule has 0 aromatic heterocycles. The van der Waals surface area contributed by atoms with Gasteiger partial charge in [0, 0.05) is 5.56 Å². The van der Waals surface area contributed by atoms with Crippen LogP contribution in [0.5, 0.6) is 0 Å². The normalized spacial score (nSPS) is 10.7. The fourth-order valence-corrected chi connectivity index (χ4v) is 4.00. The van der Waals surface area contributed by atoms with Crippen molar-refractivity contribution in [2.24, 2.45) is 0 Å². The highest BCUT2D eigenvalue weighted by Crippen LogP contribution is 2.27. The van der Waals surface area contributed by atoms with Crippen molar-refractivity contribution >= 4 is 5.71 Å². The lowest BCUT2D eigenvalue weighted by atomic mass is 9.86. The van der Waals surface area contributed by atoms with Gasteiger partial charge < -0.3 is 5.41 Å². The summed E-state index contributed by atoms with van der Waals surface area (Å²) in [5, 5.41) is 7.83. The van der Waals surface area contributed by atoms with Crippen LogP contribution < -0.4 is 0 Å². The predicted molar refractivity (Wildman–Crippen MR) is 131 cm³/mol. The van der Waals surface area contributed by atoms with Gasteiger partial charge in [-0.05, 0) is 78.0 Å². The molecule has 0 aliphatic heterocycles. The molecule has 166 valence electrons. The molecule has 0 amide bonds. The summed E-state index contributed by atoms with van der Waals surface area (Å²) in [6.45, 7) is 14.5. The first kappa shape index (κ1) is 26.1. The van der Waals surface area contributed by atoms with Gasteiger partial charge in [0.2, 0.25) is 0 Å². The lowest BCUT2D eigenvalue weighted by Crippen LogP contribution is -2.11. The molecular formula is C28H42FN. The molecule has 1 nitrogen and oxygen atoms in total. The Morgan fingerprint density at radius 3 is 1.93 bits per heavy atom. The lowest BCUT2D eigenvalue weighted by molar-refractivity contribution is 0.580. The second kappa shape index (κ2) is 13.4. The van der Waals surface area contributed by atoms with Crippen LogP contribution in [0.1, 0.15) is 99.2 Å². The van der Waals surface area contributed by atoms with Crippen molar-refractivity contribution in [1.29, 1.82) is 5.41 Å². The first-order valence-electron chi connectivity index (χ1n) is 11.7. The van der Waals surface area contributed by atoms with E-state index in [0.717, 1.165) is 49.7 Å². The third-order valence-electron chi connectivity index (χ3n) is 5.81. The van der Waals surface area contributed by atoms with E-state index in [1.807, 2.05) is 6.92 Å². The molecule has 2 aromatic rings. The summed E-state index contributed by atoms with van der Waals surface area (Å²) in [5.41, 5.74) is 8.99. The zero-order chi connectivity index (χ0) is 22.7. The molecule has 2 heteroatoms. The van der Waals surface area contributed by atoms with Crippen LogP contribution in [0.15, 0.2) is 30.3 Å². The fraction of sp³-hybridized carbons (Fsp3) is 0.536. The van der Waals surface area contributed by atoms with E-state index in [1.165, 1.54) is 27.8 Å². The van der Waals surface area contributed by atoms with E-state index >= 15 is 0 Å². The van der Waals surface area contributed by atoms with Crippen LogP contribution in [0.4, 0.5) is 4.39 Å². The van der Waals surface area contributed by atoms with Gasteiger partial charge in [-0.3, -0.25) is 0 Å². The van der Waals surface area contributed by atoms with E-state index < -0.39 is 6.67 Å². The van der Waals surface area contributed by atoms with Gasteiger partial charge in [0.05, 0.1) is 5.71 Å². The molecule has 2 aromatic carbocycles. The summed E-state index contributed by atoms with van der Waals surface area (Å²) >= 11 is 0. The molecular weight excluding hydrogens is 369 g/mol. The van der Waals surface area contributed by atoms with Gasteiger partial charge in [0.1, 0.15) is 6.67 Å². The number of hydrogen-bond acceptors (Lipinski definition) is 1. The molecule has 0 fully saturated rings. The Hall–Kier alpha value is -1.96. The number of alkyl halides is 1. The molecule has 0 radical (unpaired) electrons. The molecule has 0 aliphatic rings. The van der Waals surface area contributed by atoms with Gasteiger partial charge >= 0.3 is 0 Å². The number of aryl methyl sites for hydroxylation is 2. The van der Waals surface area contributed by atoms with Crippen LogP contribution >= 0.6 is 0 Å². The summed E-state index contributed by atoms with van der Waals surface area (Å²) in [7, 11) is 0. The van der Waals surface area contributed by atoms with E-state index in [9.17, 15) is 4.39 Å². The van der Waals surface area contributed by atoms with Gasteiger partial charge in [0.15, 0.2) is 0 Å². The summed E-state index contributed by atoms with van der Waals surface area (Å²) in [4.78, 5) is 0. The highest BCUT2D eigenvalue weighted by Gasteiger charge is 2.15. The molecule has 0 spiro atoms. The second-order valence-electron chi connectivity index (χ2n) is 8.38. The number of halogens is 1. The fourth-order valence-electron chi connectivity index (χ4n) is 4.00. The van der Waals surface area contributed by atoms with Crippen molar-refractivity contribution in [2.75, 3.05) is 6.67 Å². The molecule has 0 unspecified atom stereocenters. The van der Waals surface area contributed by atoms with E-state index in [1.54, 1.807) is 0 Å². The smallest absolute Gasteiger partial charge is 0.131 e. The molecule has 0 bridgehead atoms. The Labute approximate surface area is 184 Å². The Morgan fingerprint density at radius 2 is 1.50 bits per heavy atom. The number of benzene rings is 2. The summed E-state index contributed by atoms with van der Waals surface area (Å²) in [5.74, 6) is 0.654. The first-order chi connectivity index (χ1) is 14.3. The van der Waals surface area contributed by atoms with Crippen molar-refractivity contribution in [3.05, 3.63) is 69.3 Å². The monoisotopic (exact) mass is 411 g/mol. The minimum atomic E-state index is -0.677. The van der Waals surface area contributed by atoms with Crippen molar-refractivity contribution in [3.63, 3.8) is 0 Å². The quantitative estimate of drug-likeness (QED) is 0.402. The van der Waals surface area contributed by atoms with Crippen LogP contribution in [0, 0.1) is 12.3 Å². The van der Waals surface area contributed by atoms with E-state index in [2.05, 4.69) is 71.9 Å². The maximum absolute atomic E-state index is 12.8. The third kappa shape index (κ3) is 7.07. The van der Waals surface area contributed by atoms with Crippen LogP contribution in [0.25, 0.3) is 0 Å². The summed E-state index contributed by atoms with van der Waals surface area (Å²) in [6, 6.07) is 10.9. The van der Waals surface area contributed by atoms with Crippen LogP contribution in [0.2, 0.25) is 0 Å². The maximum Gasteiger partial charge on any atom is 0.131 e. The molecule has 0 atom stereocenters. The average Bonchev–Trinajstić information content (AvgIpc) is 2.76. The Kier molecular flexibility index (Phi) is 11.6. The minimum absolute atomic E-state index is 0.120. The molecule has 0 aliphatic carbocycles. The van der Waals surface area contributed by atoms with Gasteiger partial charge in [-0.15, -0.1) is 0 Å². The molecule has 1 N–H and O–H groups in total. The van der Waals surface area contributed by atoms with E-state index in [-0.39, 0.29) is 5.71 Å². The predicted octanol–water partition coefficient (Wildman–Crippen LogP) is 8.17. The van der Waals surface area contributed by atoms with Crippen molar-refractivity contribution in [2.45, 2.75) is 92.9 Å². The van der Waals surface area contributed by atoms with Crippen LogP contribution in [-0.4, -0.2) is 12.4 Å². The van der Waals surface area contributed by atoms with Crippen molar-refractivity contribution < 1.29 is 4.39 Å². The molecule has 0 saturated carbocycles. The van der Waals surface area contributed by atoms with Gasteiger partial charge in [0.25, 0.3) is 0 Å². The second-order valence-corrected chi connectivity index (χ2v) is 8.38. The van der Waals surface area contributed by atoms with Crippen molar-refractivity contribution in [3.8, 4) is 0 Å². The Morgan fingerprint density at radius 1 is 0.900 bits per heavy atom. The molecule has 0 heterocycles. The highest BCUT2D eigenvalue weighted by molar-refractivity contribution is 6.01. The SMILES string of the molecule is CCCc1cc(C(=N)CF)c(C)c(CCC)c1CC.CCc1ccc(C(C)C)cc1. The number of hydrogen-bond donors (Lipinski definition) is 1. The van der Waals surface area contributed by atoms with Gasteiger partial charge in [-0.25, -0.2) is 4.39 Å². The van der Waals surface area contributed by atoms with Crippen LogP contribution in [-0.2, 0) is 25.7 Å². The van der Waals surface area contributed by atoms with E-state index in [4.69, 9.17) is 5.41 Å². The maximum atomic E-state index is 12.8. The largest absolute Gasteiger partial charge is 0.302 e. The minimum Gasteiger partial charge on any atom is -0.302 e. The number of rotatable bonds is 9. The zero-order valence-electron chi connectivity index (χ0n) is 20.3. The average molecular weight is 412 g/mol. The topological polar surface area (TPSA) is 23.9 Å². The Bertz CT molecular complexity index is 787. The summed E-state index contributed by atoms with van der Waals surface area (Å²) < 4.78 is 12.8.